The van der Waals surface area contributed by atoms with Crippen molar-refractivity contribution in [1.82, 2.24) is 14.9 Å². The van der Waals surface area contributed by atoms with Gasteiger partial charge in [0.05, 0.1) is 11.7 Å². The molecule has 0 unspecified atom stereocenters. The lowest BCUT2D eigenvalue weighted by Gasteiger charge is -2.14. The van der Waals surface area contributed by atoms with Gasteiger partial charge in [0.2, 0.25) is 5.91 Å². The number of benzene rings is 2. The van der Waals surface area contributed by atoms with Crippen molar-refractivity contribution in [3.8, 4) is 10.4 Å². The summed E-state index contributed by atoms with van der Waals surface area (Å²) in [6.07, 6.45) is 3.20. The SMILES string of the molecule is C[C@H](CCc1ccccc1)NC(=O)Cn1cnc2sc(-c3ccccc3)cc2c1=O. The molecule has 152 valence electrons. The Bertz CT molecular complexity index is 1200. The topological polar surface area (TPSA) is 64.0 Å². The minimum atomic E-state index is -0.189. The smallest absolute Gasteiger partial charge is 0.262 e. The first-order valence-electron chi connectivity index (χ1n) is 9.98. The average molecular weight is 418 g/mol. The summed E-state index contributed by atoms with van der Waals surface area (Å²) in [7, 11) is 0. The van der Waals surface area contributed by atoms with Crippen LogP contribution in [-0.2, 0) is 17.8 Å². The van der Waals surface area contributed by atoms with Crippen LogP contribution in [0.4, 0.5) is 0 Å². The average Bonchev–Trinajstić information content (AvgIpc) is 3.21. The molecule has 4 aromatic rings. The first-order valence-corrected chi connectivity index (χ1v) is 10.8. The van der Waals surface area contributed by atoms with Crippen LogP contribution in [0.2, 0.25) is 0 Å². The molecular weight excluding hydrogens is 394 g/mol. The molecule has 4 rings (SSSR count). The molecule has 5 nitrogen and oxygen atoms in total. The van der Waals surface area contributed by atoms with Crippen LogP contribution < -0.4 is 10.9 Å². The molecule has 30 heavy (non-hydrogen) atoms. The van der Waals surface area contributed by atoms with E-state index in [1.807, 2.05) is 61.5 Å². The van der Waals surface area contributed by atoms with Crippen LogP contribution in [-0.4, -0.2) is 21.5 Å². The highest BCUT2D eigenvalue weighted by atomic mass is 32.1. The van der Waals surface area contributed by atoms with Crippen molar-refractivity contribution in [3.05, 3.63) is 89.0 Å². The number of aromatic nitrogens is 2. The summed E-state index contributed by atoms with van der Waals surface area (Å²) in [5, 5.41) is 3.53. The highest BCUT2D eigenvalue weighted by Gasteiger charge is 2.13. The van der Waals surface area contributed by atoms with Gasteiger partial charge >= 0.3 is 0 Å². The molecule has 0 spiro atoms. The van der Waals surface area contributed by atoms with Crippen LogP contribution in [0.15, 0.2) is 77.9 Å². The summed E-state index contributed by atoms with van der Waals surface area (Å²) in [4.78, 5) is 31.4. The molecule has 0 fully saturated rings. The van der Waals surface area contributed by atoms with Crippen LogP contribution >= 0.6 is 11.3 Å². The number of carbonyl (C=O) groups excluding carboxylic acids is 1. The Hall–Kier alpha value is -3.25. The van der Waals surface area contributed by atoms with E-state index < -0.39 is 0 Å². The summed E-state index contributed by atoms with van der Waals surface area (Å²) in [5.74, 6) is -0.183. The number of amides is 1. The maximum absolute atomic E-state index is 12.9. The molecule has 2 heterocycles. The summed E-state index contributed by atoms with van der Waals surface area (Å²) in [5.41, 5.74) is 2.11. The predicted octanol–water partition coefficient (Wildman–Crippen LogP) is 4.26. The van der Waals surface area contributed by atoms with E-state index in [9.17, 15) is 9.59 Å². The van der Waals surface area contributed by atoms with Crippen LogP contribution in [0.5, 0.6) is 0 Å². The third-order valence-electron chi connectivity index (χ3n) is 5.01. The normalized spacial score (nSPS) is 12.0. The van der Waals surface area contributed by atoms with Gasteiger partial charge in [-0.3, -0.25) is 14.2 Å². The van der Waals surface area contributed by atoms with E-state index >= 15 is 0 Å². The number of nitrogens with one attached hydrogen (secondary N) is 1. The van der Waals surface area contributed by atoms with E-state index in [-0.39, 0.29) is 24.1 Å². The maximum atomic E-state index is 12.9. The number of fused-ring (bicyclic) bond motifs is 1. The molecule has 0 saturated carbocycles. The van der Waals surface area contributed by atoms with E-state index in [0.717, 1.165) is 23.3 Å². The summed E-state index contributed by atoms with van der Waals surface area (Å²) >= 11 is 1.48. The second-order valence-electron chi connectivity index (χ2n) is 7.37. The largest absolute Gasteiger partial charge is 0.352 e. The fourth-order valence-electron chi connectivity index (χ4n) is 3.39. The van der Waals surface area contributed by atoms with E-state index in [2.05, 4.69) is 22.4 Å². The van der Waals surface area contributed by atoms with Crippen molar-refractivity contribution >= 4 is 27.5 Å². The van der Waals surface area contributed by atoms with E-state index in [4.69, 9.17) is 0 Å². The Balaban J connectivity index is 1.42. The zero-order chi connectivity index (χ0) is 20.9. The monoisotopic (exact) mass is 417 g/mol. The van der Waals surface area contributed by atoms with Crippen LogP contribution in [0.25, 0.3) is 20.7 Å². The van der Waals surface area contributed by atoms with Gasteiger partial charge in [-0.05, 0) is 37.0 Å². The van der Waals surface area contributed by atoms with Crippen molar-refractivity contribution in [2.45, 2.75) is 32.4 Å². The maximum Gasteiger partial charge on any atom is 0.262 e. The first-order chi connectivity index (χ1) is 14.6. The molecule has 0 bridgehead atoms. The Labute approximate surface area is 179 Å². The summed E-state index contributed by atoms with van der Waals surface area (Å²) < 4.78 is 1.38. The third kappa shape index (κ3) is 4.66. The molecule has 6 heteroatoms. The number of thiophene rings is 1. The second-order valence-corrected chi connectivity index (χ2v) is 8.40. The Morgan fingerprint density at radius 3 is 2.53 bits per heavy atom. The minimum absolute atomic E-state index is 0.0240. The van der Waals surface area contributed by atoms with Gasteiger partial charge in [0.1, 0.15) is 11.4 Å². The van der Waals surface area contributed by atoms with Gasteiger partial charge in [-0.1, -0.05) is 60.7 Å². The van der Waals surface area contributed by atoms with E-state index in [1.54, 1.807) is 0 Å². The van der Waals surface area contributed by atoms with Gasteiger partial charge in [-0.2, -0.15) is 0 Å². The van der Waals surface area contributed by atoms with Gasteiger partial charge in [-0.15, -0.1) is 11.3 Å². The Kier molecular flexibility index (Phi) is 6.05. The number of carbonyl (C=O) groups is 1. The molecule has 0 aliphatic heterocycles. The number of rotatable bonds is 7. The van der Waals surface area contributed by atoms with Crippen LogP contribution in [0.1, 0.15) is 18.9 Å². The lowest BCUT2D eigenvalue weighted by Crippen LogP contribution is -2.37. The highest BCUT2D eigenvalue weighted by molar-refractivity contribution is 7.21. The molecule has 1 N–H and O–H groups in total. The standard InChI is InChI=1S/C24H23N3O2S/c1-17(12-13-18-8-4-2-5-9-18)26-22(28)15-27-16-25-23-20(24(27)29)14-21(30-23)19-10-6-3-7-11-19/h2-11,14,16-17H,12-13,15H2,1H3,(H,26,28)/t17-/m1/s1. The molecule has 1 atom stereocenters. The molecular formula is C24H23N3O2S. The van der Waals surface area contributed by atoms with Crippen molar-refractivity contribution in [2.75, 3.05) is 0 Å². The number of nitrogens with zero attached hydrogens (tertiary/aromatic N) is 2. The lowest BCUT2D eigenvalue weighted by molar-refractivity contribution is -0.122. The molecule has 0 aliphatic rings. The van der Waals surface area contributed by atoms with Gasteiger partial charge in [-0.25, -0.2) is 4.98 Å². The quantitative estimate of drug-likeness (QED) is 0.489. The number of hydrogen-bond acceptors (Lipinski definition) is 4. The molecule has 1 amide bonds. The van der Waals surface area contributed by atoms with E-state index in [1.165, 1.54) is 27.8 Å². The van der Waals surface area contributed by atoms with Crippen molar-refractivity contribution in [1.29, 1.82) is 0 Å². The Morgan fingerprint density at radius 2 is 1.80 bits per heavy atom. The fourth-order valence-corrected chi connectivity index (χ4v) is 4.39. The van der Waals surface area contributed by atoms with Gasteiger partial charge in [0.15, 0.2) is 0 Å². The number of aryl methyl sites for hydroxylation is 1. The second kappa shape index (κ2) is 9.05. The van der Waals surface area contributed by atoms with Crippen molar-refractivity contribution < 1.29 is 4.79 Å². The van der Waals surface area contributed by atoms with Gasteiger partial charge < -0.3 is 5.32 Å². The fraction of sp³-hybridized carbons (Fsp3) is 0.208. The molecule has 2 aromatic heterocycles. The number of hydrogen-bond donors (Lipinski definition) is 1. The zero-order valence-corrected chi connectivity index (χ0v) is 17.6. The first kappa shape index (κ1) is 20.0. The summed E-state index contributed by atoms with van der Waals surface area (Å²) in [6, 6.07) is 22.0. The van der Waals surface area contributed by atoms with Gasteiger partial charge in [0.25, 0.3) is 5.56 Å². The molecule has 2 aromatic carbocycles. The van der Waals surface area contributed by atoms with Crippen molar-refractivity contribution in [3.63, 3.8) is 0 Å². The third-order valence-corrected chi connectivity index (χ3v) is 6.10. The van der Waals surface area contributed by atoms with E-state index in [0.29, 0.717) is 10.2 Å². The van der Waals surface area contributed by atoms with Gasteiger partial charge in [0, 0.05) is 10.9 Å². The van der Waals surface area contributed by atoms with Crippen molar-refractivity contribution in [2.24, 2.45) is 0 Å². The molecule has 0 saturated heterocycles. The molecule has 0 aliphatic carbocycles. The highest BCUT2D eigenvalue weighted by Crippen LogP contribution is 2.30. The minimum Gasteiger partial charge on any atom is -0.352 e. The lowest BCUT2D eigenvalue weighted by atomic mass is 10.1. The molecule has 0 radical (unpaired) electrons. The predicted molar refractivity (Wildman–Crippen MR) is 122 cm³/mol. The Morgan fingerprint density at radius 1 is 1.10 bits per heavy atom. The summed E-state index contributed by atoms with van der Waals surface area (Å²) in [6.45, 7) is 1.95. The zero-order valence-electron chi connectivity index (χ0n) is 16.7. The van der Waals surface area contributed by atoms with Crippen LogP contribution in [0.3, 0.4) is 0 Å². The van der Waals surface area contributed by atoms with Crippen LogP contribution in [0, 0.1) is 0 Å².